The topological polar surface area (TPSA) is 72.8 Å². The summed E-state index contributed by atoms with van der Waals surface area (Å²) in [5, 5.41) is 11.5. The first-order valence-corrected chi connectivity index (χ1v) is 9.91. The third kappa shape index (κ3) is 3.87. The van der Waals surface area contributed by atoms with E-state index in [0.717, 1.165) is 25.7 Å². The van der Waals surface area contributed by atoms with Crippen molar-refractivity contribution in [2.24, 2.45) is 5.92 Å². The SMILES string of the molecule is CCOC(=O)[N+]1(C)CCC(OC(=O)C(O)(c2ccccc2)C2CCCC2)C1. The van der Waals surface area contributed by atoms with E-state index < -0.39 is 17.7 Å². The van der Waals surface area contributed by atoms with Gasteiger partial charge in [0.2, 0.25) is 0 Å². The number of hydrogen-bond acceptors (Lipinski definition) is 5. The molecule has 3 atom stereocenters. The van der Waals surface area contributed by atoms with E-state index in [1.807, 2.05) is 18.2 Å². The Labute approximate surface area is 160 Å². The smallest absolute Gasteiger partial charge is 0.454 e. The molecule has 3 rings (SSSR count). The predicted molar refractivity (Wildman–Crippen MR) is 99.7 cm³/mol. The number of likely N-dealkylation sites (tertiary alicyclic amines) is 1. The molecule has 0 aromatic heterocycles. The minimum Gasteiger partial charge on any atom is -0.454 e. The molecule has 0 spiro atoms. The molecule has 0 bridgehead atoms. The number of likely N-dealkylation sites (N-methyl/N-ethyl adjacent to an activating group) is 1. The van der Waals surface area contributed by atoms with Gasteiger partial charge < -0.3 is 14.6 Å². The van der Waals surface area contributed by atoms with Crippen LogP contribution in [0, 0.1) is 5.92 Å². The van der Waals surface area contributed by atoms with Gasteiger partial charge in [0.25, 0.3) is 0 Å². The molecule has 3 unspecified atom stereocenters. The van der Waals surface area contributed by atoms with Crippen LogP contribution < -0.4 is 0 Å². The summed E-state index contributed by atoms with van der Waals surface area (Å²) in [6.07, 6.45) is 3.51. The van der Waals surface area contributed by atoms with E-state index in [9.17, 15) is 14.7 Å². The molecule has 1 aromatic rings. The molecule has 0 radical (unpaired) electrons. The molecule has 2 aliphatic rings. The maximum absolute atomic E-state index is 13.1. The lowest BCUT2D eigenvalue weighted by Crippen LogP contribution is -2.49. The number of quaternary nitrogens is 1. The average molecular weight is 376 g/mol. The third-order valence-electron chi connectivity index (χ3n) is 6.00. The van der Waals surface area contributed by atoms with E-state index in [-0.39, 0.29) is 16.5 Å². The molecular formula is C21H30NO5+. The minimum absolute atomic E-state index is 0.0962. The Balaban J connectivity index is 1.75. The third-order valence-corrected chi connectivity index (χ3v) is 6.00. The minimum atomic E-state index is -1.63. The van der Waals surface area contributed by atoms with Gasteiger partial charge in [-0.2, -0.15) is 4.79 Å². The van der Waals surface area contributed by atoms with Crippen molar-refractivity contribution in [1.82, 2.24) is 0 Å². The van der Waals surface area contributed by atoms with E-state index in [1.165, 1.54) is 0 Å². The van der Waals surface area contributed by atoms with Crippen LogP contribution in [0.5, 0.6) is 0 Å². The number of carbonyl (C=O) groups is 2. The van der Waals surface area contributed by atoms with E-state index in [0.29, 0.717) is 31.7 Å². The molecule has 1 N–H and O–H groups in total. The monoisotopic (exact) mass is 376 g/mol. The Kier molecular flexibility index (Phi) is 5.86. The van der Waals surface area contributed by atoms with E-state index in [1.54, 1.807) is 26.1 Å². The Morgan fingerprint density at radius 1 is 1.19 bits per heavy atom. The number of rotatable bonds is 5. The highest BCUT2D eigenvalue weighted by molar-refractivity contribution is 5.81. The van der Waals surface area contributed by atoms with Crippen molar-refractivity contribution in [1.29, 1.82) is 0 Å². The zero-order valence-corrected chi connectivity index (χ0v) is 16.2. The first-order valence-electron chi connectivity index (χ1n) is 9.91. The molecule has 1 heterocycles. The molecule has 1 amide bonds. The average Bonchev–Trinajstić information content (AvgIpc) is 3.33. The Hall–Kier alpha value is -1.92. The van der Waals surface area contributed by atoms with Crippen molar-refractivity contribution in [3.8, 4) is 0 Å². The van der Waals surface area contributed by atoms with Crippen LogP contribution in [0.4, 0.5) is 4.79 Å². The van der Waals surface area contributed by atoms with E-state index in [4.69, 9.17) is 9.47 Å². The molecule has 1 saturated heterocycles. The summed E-state index contributed by atoms with van der Waals surface area (Å²) in [6.45, 7) is 3.04. The van der Waals surface area contributed by atoms with Gasteiger partial charge in [-0.3, -0.25) is 0 Å². The van der Waals surface area contributed by atoms with Gasteiger partial charge in [0.1, 0.15) is 6.54 Å². The fourth-order valence-electron chi connectivity index (χ4n) is 4.40. The molecule has 2 fully saturated rings. The van der Waals surface area contributed by atoms with Crippen molar-refractivity contribution in [3.05, 3.63) is 35.9 Å². The second-order valence-corrected chi connectivity index (χ2v) is 7.93. The van der Waals surface area contributed by atoms with Gasteiger partial charge in [0.05, 0.1) is 20.2 Å². The van der Waals surface area contributed by atoms with Gasteiger partial charge in [0.15, 0.2) is 11.7 Å². The molecule has 1 saturated carbocycles. The van der Waals surface area contributed by atoms with E-state index >= 15 is 0 Å². The normalized spacial score (nSPS) is 27.9. The van der Waals surface area contributed by atoms with Crippen LogP contribution in [-0.4, -0.2) is 54.5 Å². The van der Waals surface area contributed by atoms with Crippen molar-refractivity contribution >= 4 is 12.1 Å². The van der Waals surface area contributed by atoms with Gasteiger partial charge >= 0.3 is 12.1 Å². The number of amides is 1. The lowest BCUT2D eigenvalue weighted by Gasteiger charge is -2.33. The lowest BCUT2D eigenvalue weighted by atomic mass is 9.80. The zero-order chi connectivity index (χ0) is 19.5. The molecule has 148 valence electrons. The van der Waals surface area contributed by atoms with Gasteiger partial charge in [-0.1, -0.05) is 43.2 Å². The number of nitrogens with zero attached hydrogens (tertiary/aromatic N) is 1. The van der Waals surface area contributed by atoms with E-state index in [2.05, 4.69) is 0 Å². The summed E-state index contributed by atoms with van der Waals surface area (Å²) in [6, 6.07) is 9.09. The molecule has 1 aromatic carbocycles. The predicted octanol–water partition coefficient (Wildman–Crippen LogP) is 2.98. The molecule has 27 heavy (non-hydrogen) atoms. The highest BCUT2D eigenvalue weighted by Gasteiger charge is 2.51. The maximum atomic E-state index is 13.1. The molecular weight excluding hydrogens is 346 g/mol. The summed E-state index contributed by atoms with van der Waals surface area (Å²) < 4.78 is 11.0. The summed E-state index contributed by atoms with van der Waals surface area (Å²) >= 11 is 0. The van der Waals surface area contributed by atoms with Gasteiger partial charge in [0, 0.05) is 12.3 Å². The molecule has 6 heteroatoms. The van der Waals surface area contributed by atoms with Crippen LogP contribution in [0.2, 0.25) is 0 Å². The summed E-state index contributed by atoms with van der Waals surface area (Å²) in [7, 11) is 1.80. The molecule has 6 nitrogen and oxygen atoms in total. The van der Waals surface area contributed by atoms with Crippen LogP contribution in [0.15, 0.2) is 30.3 Å². The highest BCUT2D eigenvalue weighted by atomic mass is 16.6. The summed E-state index contributed by atoms with van der Waals surface area (Å²) in [4.78, 5) is 25.3. The Morgan fingerprint density at radius 2 is 1.85 bits per heavy atom. The largest absolute Gasteiger partial charge is 0.515 e. The number of esters is 1. The number of hydrogen-bond donors (Lipinski definition) is 1. The fraction of sp³-hybridized carbons (Fsp3) is 0.619. The van der Waals surface area contributed by atoms with Crippen LogP contribution in [0.1, 0.15) is 44.6 Å². The summed E-state index contributed by atoms with van der Waals surface area (Å²) in [5.41, 5.74) is -1.05. The quantitative estimate of drug-likeness (QED) is 0.632. The summed E-state index contributed by atoms with van der Waals surface area (Å²) in [5.74, 6) is -0.734. The lowest BCUT2D eigenvalue weighted by molar-refractivity contribution is -0.826. The molecule has 1 aliphatic heterocycles. The van der Waals surface area contributed by atoms with Crippen LogP contribution in [0.3, 0.4) is 0 Å². The number of aliphatic hydroxyl groups is 1. The Morgan fingerprint density at radius 3 is 2.48 bits per heavy atom. The van der Waals surface area contributed by atoms with Crippen LogP contribution >= 0.6 is 0 Å². The van der Waals surface area contributed by atoms with Crippen molar-refractivity contribution in [2.45, 2.75) is 50.7 Å². The first-order chi connectivity index (χ1) is 12.9. The number of benzene rings is 1. The maximum Gasteiger partial charge on any atom is 0.515 e. The second kappa shape index (κ2) is 7.98. The fourth-order valence-corrected chi connectivity index (χ4v) is 4.40. The standard InChI is InChI=1S/C21H30NO5/c1-3-26-20(24)22(2)14-13-18(15-22)27-19(23)21(25,17-11-7-8-12-17)16-9-5-4-6-10-16/h4-6,9-10,17-18,25H,3,7-8,11-15H2,1-2H3/q+1. The van der Waals surface area contributed by atoms with Gasteiger partial charge in [-0.15, -0.1) is 0 Å². The van der Waals surface area contributed by atoms with Crippen molar-refractivity contribution in [3.63, 3.8) is 0 Å². The second-order valence-electron chi connectivity index (χ2n) is 7.93. The zero-order valence-electron chi connectivity index (χ0n) is 16.2. The van der Waals surface area contributed by atoms with Crippen molar-refractivity contribution < 1.29 is 28.7 Å². The number of ether oxygens (including phenoxy) is 2. The van der Waals surface area contributed by atoms with Crippen LogP contribution in [-0.2, 0) is 19.9 Å². The number of carbonyl (C=O) groups excluding carboxylic acids is 2. The van der Waals surface area contributed by atoms with Gasteiger partial charge in [-0.05, 0) is 25.3 Å². The van der Waals surface area contributed by atoms with Crippen molar-refractivity contribution in [2.75, 3.05) is 26.7 Å². The highest BCUT2D eigenvalue weighted by Crippen LogP contribution is 2.42. The van der Waals surface area contributed by atoms with Gasteiger partial charge in [-0.25, -0.2) is 9.28 Å². The molecule has 1 aliphatic carbocycles. The Bertz CT molecular complexity index is 672. The van der Waals surface area contributed by atoms with Crippen LogP contribution in [0.25, 0.3) is 0 Å². The first kappa shape index (κ1) is 19.8.